The van der Waals surface area contributed by atoms with E-state index in [-0.39, 0.29) is 5.91 Å². The van der Waals surface area contributed by atoms with Crippen molar-refractivity contribution in [2.75, 3.05) is 18.8 Å². The molecule has 1 aliphatic heterocycles. The topological polar surface area (TPSA) is 61.9 Å². The monoisotopic (exact) mass is 290 g/mol. The van der Waals surface area contributed by atoms with Crippen LogP contribution in [-0.2, 0) is 4.79 Å². The predicted octanol–water partition coefficient (Wildman–Crippen LogP) is 2.31. The lowest BCUT2D eigenvalue weighted by Crippen LogP contribution is -2.40. The summed E-state index contributed by atoms with van der Waals surface area (Å²) >= 11 is 1.45. The molecule has 1 saturated heterocycles. The molecule has 1 N–H and O–H groups in total. The molecule has 0 aliphatic carbocycles. The number of carbonyl (C=O) groups excluding carboxylic acids is 1. The lowest BCUT2D eigenvalue weighted by Gasteiger charge is -2.30. The van der Waals surface area contributed by atoms with E-state index in [4.69, 9.17) is 0 Å². The molecule has 5 nitrogen and oxygen atoms in total. The van der Waals surface area contributed by atoms with Crippen molar-refractivity contribution in [3.05, 3.63) is 18.3 Å². The molecule has 0 aromatic carbocycles. The minimum atomic E-state index is 0.204. The van der Waals surface area contributed by atoms with Gasteiger partial charge < -0.3 is 9.88 Å². The zero-order valence-corrected chi connectivity index (χ0v) is 12.3. The number of likely N-dealkylation sites (tertiary alicyclic amines) is 1. The van der Waals surface area contributed by atoms with Crippen LogP contribution < -0.4 is 0 Å². The second-order valence-electron chi connectivity index (χ2n) is 5.29. The SMILES string of the molecule is C[C@H]1CCCN(C(=O)CSc2nc3ncccc3[nH]2)C1. The number of thioether (sulfide) groups is 1. The fraction of sp³-hybridized carbons (Fsp3) is 0.500. The highest BCUT2D eigenvalue weighted by atomic mass is 32.2. The van der Waals surface area contributed by atoms with Crippen molar-refractivity contribution in [2.24, 2.45) is 5.92 Å². The van der Waals surface area contributed by atoms with Crippen LogP contribution in [0.3, 0.4) is 0 Å². The number of hydrogen-bond acceptors (Lipinski definition) is 4. The third-order valence-electron chi connectivity index (χ3n) is 3.58. The number of amides is 1. The molecule has 0 saturated carbocycles. The average Bonchev–Trinajstić information content (AvgIpc) is 2.87. The van der Waals surface area contributed by atoms with E-state index in [0.29, 0.717) is 17.3 Å². The van der Waals surface area contributed by atoms with Crippen molar-refractivity contribution in [3.8, 4) is 0 Å². The summed E-state index contributed by atoms with van der Waals surface area (Å²) in [6, 6.07) is 3.81. The summed E-state index contributed by atoms with van der Waals surface area (Å²) < 4.78 is 0. The van der Waals surface area contributed by atoms with Gasteiger partial charge >= 0.3 is 0 Å². The molecule has 2 aromatic heterocycles. The number of aromatic nitrogens is 3. The molecule has 106 valence electrons. The Bertz CT molecular complexity index is 579. The molecule has 2 aromatic rings. The Hall–Kier alpha value is -1.56. The van der Waals surface area contributed by atoms with Gasteiger partial charge in [-0.3, -0.25) is 4.79 Å². The average molecular weight is 290 g/mol. The van der Waals surface area contributed by atoms with Crippen LogP contribution in [0.4, 0.5) is 0 Å². The lowest BCUT2D eigenvalue weighted by molar-refractivity contribution is -0.130. The Morgan fingerprint density at radius 1 is 1.60 bits per heavy atom. The zero-order valence-electron chi connectivity index (χ0n) is 11.5. The van der Waals surface area contributed by atoms with Crippen LogP contribution in [0.25, 0.3) is 11.2 Å². The van der Waals surface area contributed by atoms with E-state index in [1.165, 1.54) is 18.2 Å². The van der Waals surface area contributed by atoms with Crippen molar-refractivity contribution in [1.82, 2.24) is 19.9 Å². The van der Waals surface area contributed by atoms with Gasteiger partial charge in [0.05, 0.1) is 11.3 Å². The first-order valence-electron chi connectivity index (χ1n) is 6.93. The molecule has 0 radical (unpaired) electrons. The maximum atomic E-state index is 12.2. The molecule has 1 fully saturated rings. The summed E-state index contributed by atoms with van der Waals surface area (Å²) in [7, 11) is 0. The van der Waals surface area contributed by atoms with E-state index in [1.54, 1.807) is 6.20 Å². The molecule has 0 unspecified atom stereocenters. The maximum Gasteiger partial charge on any atom is 0.233 e. The van der Waals surface area contributed by atoms with Crippen molar-refractivity contribution >= 4 is 28.8 Å². The number of H-pyrrole nitrogens is 1. The van der Waals surface area contributed by atoms with Gasteiger partial charge in [0.2, 0.25) is 5.91 Å². The van der Waals surface area contributed by atoms with Gasteiger partial charge in [-0.1, -0.05) is 18.7 Å². The Kier molecular flexibility index (Phi) is 3.91. The Morgan fingerprint density at radius 3 is 3.30 bits per heavy atom. The highest BCUT2D eigenvalue weighted by Gasteiger charge is 2.21. The number of fused-ring (bicyclic) bond motifs is 1. The highest BCUT2D eigenvalue weighted by Crippen LogP contribution is 2.20. The molecule has 1 atom stereocenters. The minimum absolute atomic E-state index is 0.204. The van der Waals surface area contributed by atoms with Gasteiger partial charge in [-0.25, -0.2) is 9.97 Å². The maximum absolute atomic E-state index is 12.2. The summed E-state index contributed by atoms with van der Waals surface area (Å²) in [6.45, 7) is 3.99. The number of carbonyl (C=O) groups is 1. The number of hydrogen-bond donors (Lipinski definition) is 1. The first kappa shape index (κ1) is 13.4. The van der Waals surface area contributed by atoms with Crippen LogP contribution in [0.15, 0.2) is 23.5 Å². The second-order valence-corrected chi connectivity index (χ2v) is 6.26. The van der Waals surface area contributed by atoms with Gasteiger partial charge in [-0.05, 0) is 30.9 Å². The molecule has 20 heavy (non-hydrogen) atoms. The van der Waals surface area contributed by atoms with E-state index < -0.39 is 0 Å². The van der Waals surface area contributed by atoms with Crippen LogP contribution in [0.2, 0.25) is 0 Å². The molecule has 3 heterocycles. The van der Waals surface area contributed by atoms with Crippen LogP contribution in [0.1, 0.15) is 19.8 Å². The molecule has 3 rings (SSSR count). The van der Waals surface area contributed by atoms with Crippen molar-refractivity contribution in [1.29, 1.82) is 0 Å². The fourth-order valence-electron chi connectivity index (χ4n) is 2.53. The normalized spacial score (nSPS) is 19.4. The minimum Gasteiger partial charge on any atom is -0.342 e. The van der Waals surface area contributed by atoms with E-state index in [9.17, 15) is 4.79 Å². The molecular formula is C14H18N4OS. The lowest BCUT2D eigenvalue weighted by atomic mass is 10.0. The second kappa shape index (κ2) is 5.83. The number of rotatable bonds is 3. The van der Waals surface area contributed by atoms with Crippen molar-refractivity contribution in [3.63, 3.8) is 0 Å². The third kappa shape index (κ3) is 2.95. The summed E-state index contributed by atoms with van der Waals surface area (Å²) in [6.07, 6.45) is 4.07. The summed E-state index contributed by atoms with van der Waals surface area (Å²) in [5.74, 6) is 1.26. The number of piperidine rings is 1. The molecule has 1 amide bonds. The molecule has 0 bridgehead atoms. The van der Waals surface area contributed by atoms with Gasteiger partial charge in [0.1, 0.15) is 0 Å². The molecule has 6 heteroatoms. The van der Waals surface area contributed by atoms with Gasteiger partial charge in [0.15, 0.2) is 10.8 Å². The van der Waals surface area contributed by atoms with Gasteiger partial charge in [0.25, 0.3) is 0 Å². The van der Waals surface area contributed by atoms with E-state index in [1.807, 2.05) is 17.0 Å². The zero-order chi connectivity index (χ0) is 13.9. The van der Waals surface area contributed by atoms with Gasteiger partial charge in [-0.2, -0.15) is 0 Å². The first-order valence-corrected chi connectivity index (χ1v) is 7.92. The van der Waals surface area contributed by atoms with Crippen LogP contribution in [0, 0.1) is 5.92 Å². The smallest absolute Gasteiger partial charge is 0.233 e. The Labute approximate surface area is 122 Å². The molecule has 1 aliphatic rings. The predicted molar refractivity (Wildman–Crippen MR) is 79.6 cm³/mol. The number of aromatic amines is 1. The summed E-state index contributed by atoms with van der Waals surface area (Å²) in [5, 5.41) is 0.761. The highest BCUT2D eigenvalue weighted by molar-refractivity contribution is 7.99. The van der Waals surface area contributed by atoms with Crippen LogP contribution >= 0.6 is 11.8 Å². The quantitative estimate of drug-likeness (QED) is 0.881. The van der Waals surface area contributed by atoms with Crippen LogP contribution in [0.5, 0.6) is 0 Å². The van der Waals surface area contributed by atoms with Crippen molar-refractivity contribution < 1.29 is 4.79 Å². The van der Waals surface area contributed by atoms with E-state index in [2.05, 4.69) is 21.9 Å². The number of nitrogens with one attached hydrogen (secondary N) is 1. The molecule has 0 spiro atoms. The summed E-state index contributed by atoms with van der Waals surface area (Å²) in [4.78, 5) is 25.9. The van der Waals surface area contributed by atoms with E-state index >= 15 is 0 Å². The van der Waals surface area contributed by atoms with E-state index in [0.717, 1.165) is 30.2 Å². The standard InChI is InChI=1S/C14H18N4OS/c1-10-4-3-7-18(8-10)12(19)9-20-14-16-11-5-2-6-15-13(11)17-14/h2,5-6,10H,3-4,7-9H2,1H3,(H,15,16,17)/t10-/m0/s1. The Morgan fingerprint density at radius 2 is 2.50 bits per heavy atom. The number of nitrogens with zero attached hydrogens (tertiary/aromatic N) is 3. The first-order chi connectivity index (χ1) is 9.72. The fourth-order valence-corrected chi connectivity index (χ4v) is 3.30. The van der Waals surface area contributed by atoms with Gasteiger partial charge in [-0.15, -0.1) is 0 Å². The van der Waals surface area contributed by atoms with Crippen molar-refractivity contribution in [2.45, 2.75) is 24.9 Å². The largest absolute Gasteiger partial charge is 0.342 e. The third-order valence-corrected chi connectivity index (χ3v) is 4.44. The number of imidazole rings is 1. The van der Waals surface area contributed by atoms with Crippen LogP contribution in [-0.4, -0.2) is 44.6 Å². The summed E-state index contributed by atoms with van der Waals surface area (Å²) in [5.41, 5.74) is 1.61. The van der Waals surface area contributed by atoms with Gasteiger partial charge in [0, 0.05) is 19.3 Å². The molecular weight excluding hydrogens is 272 g/mol. The number of pyridine rings is 1. The Balaban J connectivity index is 1.59.